The van der Waals surface area contributed by atoms with Gasteiger partial charge in [0.2, 0.25) is 5.91 Å². The number of carbonyl (C=O) groups excluding carboxylic acids is 1. The van der Waals surface area contributed by atoms with Gasteiger partial charge in [-0.15, -0.1) is 11.3 Å². The molecule has 0 aromatic carbocycles. The van der Waals surface area contributed by atoms with Crippen molar-refractivity contribution in [2.45, 2.75) is 57.7 Å². The second-order valence-corrected chi connectivity index (χ2v) is 9.60. The van der Waals surface area contributed by atoms with Gasteiger partial charge in [-0.25, -0.2) is 4.98 Å². The van der Waals surface area contributed by atoms with E-state index in [2.05, 4.69) is 11.9 Å². The first kappa shape index (κ1) is 16.4. The van der Waals surface area contributed by atoms with Gasteiger partial charge in [0, 0.05) is 24.5 Å². The van der Waals surface area contributed by atoms with Crippen molar-refractivity contribution in [3.8, 4) is 0 Å². The third kappa shape index (κ3) is 2.16. The number of aromatic nitrogens is 2. The van der Waals surface area contributed by atoms with Crippen LogP contribution in [0.2, 0.25) is 0 Å². The molecule has 1 unspecified atom stereocenters. The number of nitrogens with zero attached hydrogens (tertiary/aromatic N) is 4. The Morgan fingerprint density at radius 1 is 1.23 bits per heavy atom. The van der Waals surface area contributed by atoms with Crippen LogP contribution in [0.5, 0.6) is 0 Å². The molecule has 138 valence electrons. The molecule has 5 heterocycles. The monoisotopic (exact) mass is 372 g/mol. The number of carbonyl (C=O) groups is 1. The van der Waals surface area contributed by atoms with Crippen LogP contribution in [-0.4, -0.2) is 45.4 Å². The van der Waals surface area contributed by atoms with E-state index >= 15 is 0 Å². The minimum Gasteiger partial charge on any atom is -0.332 e. The Hall–Kier alpha value is -1.73. The summed E-state index contributed by atoms with van der Waals surface area (Å²) in [6.07, 6.45) is 3.14. The first-order valence-corrected chi connectivity index (χ1v) is 10.2. The standard InChI is InChI=1S/C19H24N4O2S/c1-19(2)9-14(24)22-7-4-5-12(22)16-20-17-15(18(25)23(16)19)11-6-8-21(3)10-13(11)26-17/h12H,4-10H2,1-3H3. The number of likely N-dealkylation sites (N-methyl/N-ethyl adjacent to an activating group) is 1. The van der Waals surface area contributed by atoms with Gasteiger partial charge in [0.15, 0.2) is 0 Å². The van der Waals surface area contributed by atoms with Gasteiger partial charge in [-0.3, -0.25) is 14.2 Å². The zero-order valence-electron chi connectivity index (χ0n) is 15.5. The van der Waals surface area contributed by atoms with Gasteiger partial charge in [0.1, 0.15) is 10.7 Å². The van der Waals surface area contributed by atoms with Crippen LogP contribution < -0.4 is 5.56 Å². The summed E-state index contributed by atoms with van der Waals surface area (Å²) in [5.74, 6) is 0.942. The molecule has 1 amide bonds. The Labute approximate surface area is 156 Å². The molecule has 3 aliphatic rings. The molecule has 1 saturated heterocycles. The lowest BCUT2D eigenvalue weighted by molar-refractivity contribution is -0.133. The van der Waals surface area contributed by atoms with Crippen molar-refractivity contribution in [3.63, 3.8) is 0 Å². The molecular weight excluding hydrogens is 348 g/mol. The summed E-state index contributed by atoms with van der Waals surface area (Å²) in [5.41, 5.74) is 0.694. The van der Waals surface area contributed by atoms with Crippen molar-refractivity contribution >= 4 is 27.5 Å². The highest BCUT2D eigenvalue weighted by atomic mass is 32.1. The molecule has 0 N–H and O–H groups in total. The Morgan fingerprint density at radius 3 is 2.85 bits per heavy atom. The average Bonchev–Trinajstić information content (AvgIpc) is 3.15. The molecule has 0 spiro atoms. The maximum Gasteiger partial charge on any atom is 0.263 e. The first-order valence-electron chi connectivity index (χ1n) is 9.42. The summed E-state index contributed by atoms with van der Waals surface area (Å²) < 4.78 is 1.86. The molecule has 0 bridgehead atoms. The number of thiophene rings is 1. The van der Waals surface area contributed by atoms with Gasteiger partial charge in [-0.1, -0.05) is 0 Å². The van der Waals surface area contributed by atoms with Crippen molar-refractivity contribution in [3.05, 3.63) is 26.6 Å². The van der Waals surface area contributed by atoms with Crippen LogP contribution in [-0.2, 0) is 23.3 Å². The summed E-state index contributed by atoms with van der Waals surface area (Å²) >= 11 is 1.66. The molecule has 0 radical (unpaired) electrons. The third-order valence-electron chi connectivity index (χ3n) is 6.15. The summed E-state index contributed by atoms with van der Waals surface area (Å²) in [6, 6.07) is -0.0526. The van der Waals surface area contributed by atoms with Crippen LogP contribution in [0, 0.1) is 0 Å². The second-order valence-electron chi connectivity index (χ2n) is 8.52. The maximum absolute atomic E-state index is 13.6. The lowest BCUT2D eigenvalue weighted by Gasteiger charge is -2.27. The molecule has 7 heteroatoms. The molecule has 0 aliphatic carbocycles. The van der Waals surface area contributed by atoms with Gasteiger partial charge in [0.25, 0.3) is 5.56 Å². The van der Waals surface area contributed by atoms with Crippen LogP contribution in [0.1, 0.15) is 55.4 Å². The van der Waals surface area contributed by atoms with Crippen LogP contribution in [0.3, 0.4) is 0 Å². The van der Waals surface area contributed by atoms with E-state index < -0.39 is 5.54 Å². The summed E-state index contributed by atoms with van der Waals surface area (Å²) in [7, 11) is 2.12. The predicted octanol–water partition coefficient (Wildman–Crippen LogP) is 2.25. The smallest absolute Gasteiger partial charge is 0.263 e. The van der Waals surface area contributed by atoms with Crippen LogP contribution in [0.15, 0.2) is 4.79 Å². The van der Waals surface area contributed by atoms with E-state index in [4.69, 9.17) is 4.98 Å². The van der Waals surface area contributed by atoms with Gasteiger partial charge in [-0.2, -0.15) is 0 Å². The normalized spacial score (nSPS) is 25.1. The Balaban J connectivity index is 1.82. The van der Waals surface area contributed by atoms with Crippen molar-refractivity contribution in [1.82, 2.24) is 19.4 Å². The third-order valence-corrected chi connectivity index (χ3v) is 7.26. The number of hydrogen-bond donors (Lipinski definition) is 0. The number of rotatable bonds is 0. The number of fused-ring (bicyclic) bond motifs is 6. The maximum atomic E-state index is 13.6. The highest BCUT2D eigenvalue weighted by Gasteiger charge is 2.43. The molecule has 1 fully saturated rings. The van der Waals surface area contributed by atoms with Gasteiger partial charge >= 0.3 is 0 Å². The van der Waals surface area contributed by atoms with Gasteiger partial charge in [0.05, 0.1) is 23.4 Å². The summed E-state index contributed by atoms with van der Waals surface area (Å²) in [5, 5.41) is 0.800. The minimum atomic E-state index is -0.546. The highest BCUT2D eigenvalue weighted by molar-refractivity contribution is 7.18. The number of hydrogen-bond acceptors (Lipinski definition) is 5. The zero-order chi connectivity index (χ0) is 18.2. The topological polar surface area (TPSA) is 58.4 Å². The summed E-state index contributed by atoms with van der Waals surface area (Å²) in [4.78, 5) is 37.8. The molecule has 2 aromatic rings. The Bertz CT molecular complexity index is 990. The predicted molar refractivity (Wildman–Crippen MR) is 102 cm³/mol. The highest BCUT2D eigenvalue weighted by Crippen LogP contribution is 2.40. The minimum absolute atomic E-state index is 0.0526. The zero-order valence-corrected chi connectivity index (χ0v) is 16.4. The molecular formula is C19H24N4O2S. The summed E-state index contributed by atoms with van der Waals surface area (Å²) in [6.45, 7) is 6.64. The molecule has 3 aliphatic heterocycles. The fourth-order valence-corrected chi connectivity index (χ4v) is 6.18. The van der Waals surface area contributed by atoms with Gasteiger partial charge < -0.3 is 9.80 Å². The molecule has 5 rings (SSSR count). The fraction of sp³-hybridized carbons (Fsp3) is 0.632. The molecule has 1 atom stereocenters. The molecule has 26 heavy (non-hydrogen) atoms. The average molecular weight is 372 g/mol. The van der Waals surface area contributed by atoms with Crippen molar-refractivity contribution < 1.29 is 4.79 Å². The molecule has 2 aromatic heterocycles. The Morgan fingerprint density at radius 2 is 2.04 bits per heavy atom. The van der Waals surface area contributed by atoms with E-state index in [1.54, 1.807) is 11.3 Å². The van der Waals surface area contributed by atoms with Gasteiger partial charge in [-0.05, 0) is 45.7 Å². The van der Waals surface area contributed by atoms with E-state index in [0.717, 1.165) is 54.9 Å². The largest absolute Gasteiger partial charge is 0.332 e. The van der Waals surface area contributed by atoms with E-state index in [9.17, 15) is 9.59 Å². The Kier molecular flexibility index (Phi) is 3.41. The van der Waals surface area contributed by atoms with E-state index in [-0.39, 0.29) is 17.5 Å². The molecule has 6 nitrogen and oxygen atoms in total. The van der Waals surface area contributed by atoms with Crippen LogP contribution in [0.4, 0.5) is 0 Å². The first-order chi connectivity index (χ1) is 12.4. The van der Waals surface area contributed by atoms with Crippen molar-refractivity contribution in [2.24, 2.45) is 0 Å². The second kappa shape index (κ2) is 5.39. The van der Waals surface area contributed by atoms with Crippen LogP contribution in [0.25, 0.3) is 10.2 Å². The SMILES string of the molecule is CN1CCc2c(sc3nc4n(c(=O)c23)C(C)(C)CC(=O)N2CCCC42)C1. The van der Waals surface area contributed by atoms with E-state index in [1.165, 1.54) is 10.4 Å². The molecule has 0 saturated carbocycles. The quantitative estimate of drug-likeness (QED) is 0.712. The lowest BCUT2D eigenvalue weighted by Crippen LogP contribution is -2.39. The van der Waals surface area contributed by atoms with E-state index in [0.29, 0.717) is 6.42 Å². The van der Waals surface area contributed by atoms with Crippen molar-refractivity contribution in [1.29, 1.82) is 0 Å². The van der Waals surface area contributed by atoms with Crippen LogP contribution >= 0.6 is 11.3 Å². The van der Waals surface area contributed by atoms with Crippen molar-refractivity contribution in [2.75, 3.05) is 20.1 Å². The van der Waals surface area contributed by atoms with E-state index in [1.807, 2.05) is 23.3 Å². The lowest BCUT2D eigenvalue weighted by atomic mass is 9.98. The fourth-order valence-electron chi connectivity index (χ4n) is 4.88. The number of amides is 1.